The van der Waals surface area contributed by atoms with E-state index in [2.05, 4.69) is 0 Å². The minimum absolute atomic E-state index is 0.0830. The predicted molar refractivity (Wildman–Crippen MR) is 85.8 cm³/mol. The molecule has 0 heterocycles. The molecule has 0 atom stereocenters. The van der Waals surface area contributed by atoms with E-state index < -0.39 is 6.61 Å². The van der Waals surface area contributed by atoms with Crippen LogP contribution in [0.1, 0.15) is 20.7 Å². The van der Waals surface area contributed by atoms with Crippen LogP contribution in [0.15, 0.2) is 36.4 Å². The number of anilines is 1. The number of aliphatic hydroxyl groups is 1. The van der Waals surface area contributed by atoms with Gasteiger partial charge in [-0.05, 0) is 24.3 Å². The van der Waals surface area contributed by atoms with Crippen LogP contribution in [0.2, 0.25) is 10.0 Å². The topological polar surface area (TPSA) is 101 Å². The molecule has 0 unspecified atom stereocenters. The van der Waals surface area contributed by atoms with Crippen LogP contribution in [-0.4, -0.2) is 28.9 Å². The number of phenolic OH excluding ortho intramolecular Hbond substituents is 1. The quantitative estimate of drug-likeness (QED) is 0.452. The molecule has 0 aliphatic rings. The number of benzene rings is 2. The summed E-state index contributed by atoms with van der Waals surface area (Å²) in [6, 6.07) is 9.24. The maximum absolute atomic E-state index is 10.9. The summed E-state index contributed by atoms with van der Waals surface area (Å²) >= 11 is 11.1. The highest BCUT2D eigenvalue weighted by Gasteiger charge is 2.05. The summed E-state index contributed by atoms with van der Waals surface area (Å²) in [5.74, 6) is -0.539. The Bertz CT molecular complexity index is 689. The van der Waals surface area contributed by atoms with E-state index in [1.165, 1.54) is 12.1 Å². The number of aldehydes is 1. The molecule has 0 fully saturated rings. The van der Waals surface area contributed by atoms with Crippen LogP contribution in [0.4, 0.5) is 5.69 Å². The molecule has 0 saturated carbocycles. The van der Waals surface area contributed by atoms with Crippen molar-refractivity contribution in [1.82, 2.24) is 0 Å². The molecule has 116 valence electrons. The zero-order valence-corrected chi connectivity index (χ0v) is 12.8. The maximum Gasteiger partial charge on any atom is 0.188 e. The Morgan fingerprint density at radius 1 is 1.23 bits per heavy atom. The Morgan fingerprint density at radius 3 is 2.45 bits per heavy atom. The fourth-order valence-corrected chi connectivity index (χ4v) is 1.99. The molecule has 7 heteroatoms. The smallest absolute Gasteiger partial charge is 0.188 e. The van der Waals surface area contributed by atoms with Gasteiger partial charge in [0.1, 0.15) is 12.4 Å². The second-order valence-corrected chi connectivity index (χ2v) is 4.99. The number of aliphatic hydroxyl groups excluding tert-OH is 1. The Labute approximate surface area is 136 Å². The van der Waals surface area contributed by atoms with Crippen LogP contribution in [0.25, 0.3) is 0 Å². The standard InChI is InChI=1S/C8H9NO2.C7H4Cl2O2/c9-7-3-1-2-6(4-7)8(11)5-10;8-5-1-4(3-10)7(11)6(9)2-5/h1-4,10H,5,9H2;1-3,11H. The molecule has 0 aliphatic carbocycles. The number of hydrogen-bond donors (Lipinski definition) is 3. The third kappa shape index (κ3) is 5.04. The molecule has 0 amide bonds. The lowest BCUT2D eigenvalue weighted by Crippen LogP contribution is -2.04. The molecule has 0 saturated heterocycles. The molecule has 0 bridgehead atoms. The minimum atomic E-state index is -0.469. The van der Waals surface area contributed by atoms with E-state index in [0.717, 1.165) is 0 Å². The molecular weight excluding hydrogens is 329 g/mol. The Hall–Kier alpha value is -2.08. The number of Topliss-reactive ketones (excluding diaryl/α,β-unsaturated/α-hetero) is 1. The number of carbonyl (C=O) groups is 2. The van der Waals surface area contributed by atoms with Gasteiger partial charge in [0, 0.05) is 16.3 Å². The molecule has 0 aliphatic heterocycles. The van der Waals surface area contributed by atoms with E-state index in [4.69, 9.17) is 39.1 Å². The molecule has 2 aromatic carbocycles. The van der Waals surface area contributed by atoms with Crippen LogP contribution in [0.3, 0.4) is 0 Å². The van der Waals surface area contributed by atoms with Gasteiger partial charge in [0.05, 0.1) is 10.6 Å². The van der Waals surface area contributed by atoms with E-state index in [1.807, 2.05) is 0 Å². The summed E-state index contributed by atoms with van der Waals surface area (Å²) in [6.07, 6.45) is 0.493. The SMILES string of the molecule is Nc1cccc(C(=O)CO)c1.O=Cc1cc(Cl)cc(Cl)c1O. The lowest BCUT2D eigenvalue weighted by Gasteiger charge is -1.99. The number of rotatable bonds is 3. The first-order chi connectivity index (χ1) is 10.4. The van der Waals surface area contributed by atoms with Crippen molar-refractivity contribution in [1.29, 1.82) is 0 Å². The molecule has 0 aromatic heterocycles. The molecule has 2 rings (SSSR count). The van der Waals surface area contributed by atoms with Crippen molar-refractivity contribution in [2.75, 3.05) is 12.3 Å². The predicted octanol–water partition coefficient (Wildman–Crippen LogP) is 2.96. The van der Waals surface area contributed by atoms with Gasteiger partial charge in [-0.25, -0.2) is 0 Å². The summed E-state index contributed by atoms with van der Waals surface area (Å²) in [5, 5.41) is 18.0. The lowest BCUT2D eigenvalue weighted by atomic mass is 10.1. The summed E-state index contributed by atoms with van der Waals surface area (Å²) in [5.41, 5.74) is 6.50. The van der Waals surface area contributed by atoms with Gasteiger partial charge in [0.25, 0.3) is 0 Å². The second kappa shape index (κ2) is 8.38. The number of halogens is 2. The second-order valence-electron chi connectivity index (χ2n) is 4.15. The van der Waals surface area contributed by atoms with Crippen LogP contribution in [0.5, 0.6) is 5.75 Å². The van der Waals surface area contributed by atoms with Crippen molar-refractivity contribution in [3.8, 4) is 5.75 Å². The molecule has 4 N–H and O–H groups in total. The number of carbonyl (C=O) groups excluding carboxylic acids is 2. The average molecular weight is 342 g/mol. The van der Waals surface area contributed by atoms with Gasteiger partial charge in [0.2, 0.25) is 0 Å². The van der Waals surface area contributed by atoms with Crippen molar-refractivity contribution in [2.45, 2.75) is 0 Å². The molecule has 22 heavy (non-hydrogen) atoms. The average Bonchev–Trinajstić information content (AvgIpc) is 2.50. The number of phenols is 1. The summed E-state index contributed by atoms with van der Waals surface area (Å²) < 4.78 is 0. The molecule has 0 spiro atoms. The van der Waals surface area contributed by atoms with Gasteiger partial charge in [0.15, 0.2) is 12.1 Å². The summed E-state index contributed by atoms with van der Waals surface area (Å²) in [6.45, 7) is -0.469. The lowest BCUT2D eigenvalue weighted by molar-refractivity contribution is 0.0903. The van der Waals surface area contributed by atoms with E-state index in [0.29, 0.717) is 22.6 Å². The van der Waals surface area contributed by atoms with Crippen LogP contribution in [-0.2, 0) is 0 Å². The Kier molecular flexibility index (Phi) is 6.85. The van der Waals surface area contributed by atoms with E-state index >= 15 is 0 Å². The van der Waals surface area contributed by atoms with Gasteiger partial charge >= 0.3 is 0 Å². The number of aromatic hydroxyl groups is 1. The van der Waals surface area contributed by atoms with E-state index in [-0.39, 0.29) is 22.1 Å². The number of ketones is 1. The number of nitrogens with two attached hydrogens (primary N) is 1. The van der Waals surface area contributed by atoms with E-state index in [1.54, 1.807) is 24.3 Å². The van der Waals surface area contributed by atoms with Crippen molar-refractivity contribution < 1.29 is 19.8 Å². The fraction of sp³-hybridized carbons (Fsp3) is 0.0667. The highest BCUT2D eigenvalue weighted by atomic mass is 35.5. The molecule has 0 radical (unpaired) electrons. The third-order valence-electron chi connectivity index (χ3n) is 2.54. The maximum atomic E-state index is 10.9. The van der Waals surface area contributed by atoms with Crippen LogP contribution >= 0.6 is 23.2 Å². The van der Waals surface area contributed by atoms with E-state index in [9.17, 15) is 9.59 Å². The zero-order chi connectivity index (χ0) is 16.7. The first kappa shape index (κ1) is 18.0. The molecule has 5 nitrogen and oxygen atoms in total. The first-order valence-electron chi connectivity index (χ1n) is 6.01. The van der Waals surface area contributed by atoms with Crippen molar-refractivity contribution in [2.24, 2.45) is 0 Å². The van der Waals surface area contributed by atoms with Gasteiger partial charge in [-0.3, -0.25) is 9.59 Å². The monoisotopic (exact) mass is 341 g/mol. The Morgan fingerprint density at radius 2 is 1.91 bits per heavy atom. The largest absolute Gasteiger partial charge is 0.506 e. The van der Waals surface area contributed by atoms with Gasteiger partial charge in [-0.2, -0.15) is 0 Å². The summed E-state index contributed by atoms with van der Waals surface area (Å²) in [7, 11) is 0. The van der Waals surface area contributed by atoms with Crippen LogP contribution < -0.4 is 5.73 Å². The van der Waals surface area contributed by atoms with Gasteiger partial charge < -0.3 is 15.9 Å². The number of hydrogen-bond acceptors (Lipinski definition) is 5. The van der Waals surface area contributed by atoms with Gasteiger partial charge in [-0.1, -0.05) is 35.3 Å². The normalized spacial score (nSPS) is 9.59. The Balaban J connectivity index is 0.000000220. The highest BCUT2D eigenvalue weighted by molar-refractivity contribution is 6.36. The minimum Gasteiger partial charge on any atom is -0.506 e. The molecule has 2 aromatic rings. The fourth-order valence-electron chi connectivity index (χ4n) is 1.48. The van der Waals surface area contributed by atoms with Crippen molar-refractivity contribution in [3.63, 3.8) is 0 Å². The summed E-state index contributed by atoms with van der Waals surface area (Å²) in [4.78, 5) is 21.1. The van der Waals surface area contributed by atoms with Gasteiger partial charge in [-0.15, -0.1) is 0 Å². The van der Waals surface area contributed by atoms with Crippen LogP contribution in [0, 0.1) is 0 Å². The molecular formula is C15H13Cl2NO4. The zero-order valence-electron chi connectivity index (χ0n) is 11.3. The highest BCUT2D eigenvalue weighted by Crippen LogP contribution is 2.29. The first-order valence-corrected chi connectivity index (χ1v) is 6.77. The van der Waals surface area contributed by atoms with Crippen molar-refractivity contribution in [3.05, 3.63) is 57.6 Å². The van der Waals surface area contributed by atoms with Crippen molar-refractivity contribution >= 4 is 41.0 Å². The third-order valence-corrected chi connectivity index (χ3v) is 3.04. The number of nitrogen functional groups attached to an aromatic ring is 1.